The van der Waals surface area contributed by atoms with E-state index in [1.807, 2.05) is 0 Å². The van der Waals surface area contributed by atoms with E-state index in [0.717, 1.165) is 18.2 Å². The second-order valence-electron chi connectivity index (χ2n) is 4.36. The van der Waals surface area contributed by atoms with Gasteiger partial charge in [-0.25, -0.2) is 8.78 Å². The van der Waals surface area contributed by atoms with Gasteiger partial charge in [-0.2, -0.15) is 0 Å². The summed E-state index contributed by atoms with van der Waals surface area (Å²) in [4.78, 5) is 9.95. The van der Waals surface area contributed by atoms with Crippen LogP contribution >= 0.6 is 0 Å². The van der Waals surface area contributed by atoms with Crippen LogP contribution in [0.1, 0.15) is 11.1 Å². The molecule has 0 aromatic heterocycles. The van der Waals surface area contributed by atoms with Gasteiger partial charge in [0.2, 0.25) is 0 Å². The third kappa shape index (κ3) is 3.96. The summed E-state index contributed by atoms with van der Waals surface area (Å²) in [6.07, 6.45) is 0. The number of halogens is 2. The predicted molar refractivity (Wildman–Crippen MR) is 71.7 cm³/mol. The van der Waals surface area contributed by atoms with Crippen molar-refractivity contribution in [3.8, 4) is 5.75 Å². The lowest BCUT2D eigenvalue weighted by molar-refractivity contribution is -0.385. The first-order chi connectivity index (χ1) is 9.97. The first-order valence-corrected chi connectivity index (χ1v) is 6.04. The molecule has 21 heavy (non-hydrogen) atoms. The van der Waals surface area contributed by atoms with Gasteiger partial charge in [0.15, 0.2) is 0 Å². The van der Waals surface area contributed by atoms with E-state index in [0.29, 0.717) is 5.56 Å². The molecule has 2 rings (SSSR count). The second-order valence-corrected chi connectivity index (χ2v) is 4.36. The van der Waals surface area contributed by atoms with Crippen LogP contribution in [-0.2, 0) is 13.2 Å². The number of rotatable bonds is 5. The first kappa shape index (κ1) is 14.9. The van der Waals surface area contributed by atoms with Gasteiger partial charge in [-0.3, -0.25) is 10.1 Å². The molecule has 0 aliphatic heterocycles. The number of nitrogens with two attached hydrogens (primary N) is 1. The van der Waals surface area contributed by atoms with Crippen molar-refractivity contribution in [2.45, 2.75) is 13.2 Å². The molecule has 0 unspecified atom stereocenters. The van der Waals surface area contributed by atoms with E-state index < -0.39 is 16.6 Å². The molecular formula is C14H12F2N2O3. The summed E-state index contributed by atoms with van der Waals surface area (Å²) < 4.78 is 31.9. The Bertz CT molecular complexity index is 677. The van der Waals surface area contributed by atoms with Crippen molar-refractivity contribution < 1.29 is 18.4 Å². The molecule has 0 fully saturated rings. The van der Waals surface area contributed by atoms with Crippen molar-refractivity contribution in [3.63, 3.8) is 0 Å². The summed E-state index contributed by atoms with van der Waals surface area (Å²) in [6.45, 7) is 0.0334. The molecule has 2 aromatic carbocycles. The lowest BCUT2D eigenvalue weighted by atomic mass is 10.2. The minimum Gasteiger partial charge on any atom is -0.489 e. The van der Waals surface area contributed by atoms with Gasteiger partial charge in [-0.05, 0) is 29.3 Å². The molecule has 0 saturated carbocycles. The summed E-state index contributed by atoms with van der Waals surface area (Å²) in [5.41, 5.74) is 5.88. The maximum atomic E-state index is 13.3. The van der Waals surface area contributed by atoms with Gasteiger partial charge >= 0.3 is 0 Å². The van der Waals surface area contributed by atoms with E-state index in [1.54, 1.807) is 6.07 Å². The van der Waals surface area contributed by atoms with Crippen molar-refractivity contribution in [2.75, 3.05) is 0 Å². The van der Waals surface area contributed by atoms with E-state index in [1.165, 1.54) is 12.1 Å². The van der Waals surface area contributed by atoms with Gasteiger partial charge in [0.1, 0.15) is 24.0 Å². The third-order valence-corrected chi connectivity index (χ3v) is 2.73. The maximum Gasteiger partial charge on any atom is 0.272 e. The van der Waals surface area contributed by atoms with Gasteiger partial charge in [-0.1, -0.05) is 0 Å². The number of hydrogen-bond acceptors (Lipinski definition) is 4. The van der Waals surface area contributed by atoms with Crippen LogP contribution in [0.15, 0.2) is 36.4 Å². The molecule has 2 aromatic rings. The van der Waals surface area contributed by atoms with Gasteiger partial charge in [0.25, 0.3) is 5.69 Å². The number of benzene rings is 2. The lowest BCUT2D eigenvalue weighted by Gasteiger charge is -2.08. The number of hydrogen-bond donors (Lipinski definition) is 1. The van der Waals surface area contributed by atoms with Gasteiger partial charge in [0.05, 0.1) is 11.0 Å². The molecule has 0 aliphatic rings. The Morgan fingerprint density at radius 2 is 1.71 bits per heavy atom. The summed E-state index contributed by atoms with van der Waals surface area (Å²) in [7, 11) is 0. The standard InChI is InChI=1S/C14H12F2N2O3/c15-11-2-10(3-13(5-11)18(19)20)8-21-14-4-9(7-17)1-12(16)6-14/h1-6H,7-8,17H2. The second kappa shape index (κ2) is 6.27. The van der Waals surface area contributed by atoms with E-state index in [4.69, 9.17) is 10.5 Å². The SMILES string of the molecule is NCc1cc(F)cc(OCc2cc(F)cc([N+](=O)[O-])c2)c1. The van der Waals surface area contributed by atoms with Crippen LogP contribution in [0, 0.1) is 21.7 Å². The topological polar surface area (TPSA) is 78.4 Å². The van der Waals surface area contributed by atoms with E-state index in [2.05, 4.69) is 0 Å². The van der Waals surface area contributed by atoms with Gasteiger partial charge < -0.3 is 10.5 Å². The van der Waals surface area contributed by atoms with Crippen molar-refractivity contribution in [1.29, 1.82) is 0 Å². The number of ether oxygens (including phenoxy) is 1. The first-order valence-electron chi connectivity index (χ1n) is 6.04. The molecule has 110 valence electrons. The van der Waals surface area contributed by atoms with Crippen LogP contribution in [0.25, 0.3) is 0 Å². The summed E-state index contributed by atoms with van der Waals surface area (Å²) >= 11 is 0. The molecule has 0 amide bonds. The molecule has 0 bridgehead atoms. The zero-order chi connectivity index (χ0) is 15.4. The highest BCUT2D eigenvalue weighted by Gasteiger charge is 2.10. The van der Waals surface area contributed by atoms with Crippen molar-refractivity contribution in [3.05, 3.63) is 69.3 Å². The Hall–Kier alpha value is -2.54. The van der Waals surface area contributed by atoms with E-state index in [-0.39, 0.29) is 30.2 Å². The van der Waals surface area contributed by atoms with Crippen LogP contribution in [0.3, 0.4) is 0 Å². The summed E-state index contributed by atoms with van der Waals surface area (Å²) in [5, 5.41) is 10.6. The fourth-order valence-electron chi connectivity index (χ4n) is 1.81. The molecule has 0 aliphatic carbocycles. The number of nitro groups is 1. The highest BCUT2D eigenvalue weighted by Crippen LogP contribution is 2.20. The highest BCUT2D eigenvalue weighted by molar-refractivity contribution is 5.35. The maximum absolute atomic E-state index is 13.3. The van der Waals surface area contributed by atoms with E-state index >= 15 is 0 Å². The average Bonchev–Trinajstić information content (AvgIpc) is 2.44. The Morgan fingerprint density at radius 3 is 2.38 bits per heavy atom. The molecule has 5 nitrogen and oxygen atoms in total. The Kier molecular flexibility index (Phi) is 4.44. The Balaban J connectivity index is 2.16. The van der Waals surface area contributed by atoms with Crippen molar-refractivity contribution in [2.24, 2.45) is 5.73 Å². The Labute approximate surface area is 119 Å². The predicted octanol–water partition coefficient (Wildman–Crippen LogP) is 2.91. The molecule has 0 saturated heterocycles. The minimum absolute atomic E-state index is 0.119. The van der Waals surface area contributed by atoms with Crippen LogP contribution in [0.4, 0.5) is 14.5 Å². The van der Waals surface area contributed by atoms with Crippen LogP contribution < -0.4 is 10.5 Å². The van der Waals surface area contributed by atoms with Gasteiger partial charge in [0, 0.05) is 18.7 Å². The normalized spacial score (nSPS) is 10.4. The summed E-state index contributed by atoms with van der Waals surface area (Å²) in [6, 6.07) is 7.13. The molecule has 0 radical (unpaired) electrons. The third-order valence-electron chi connectivity index (χ3n) is 2.73. The molecule has 2 N–H and O–H groups in total. The largest absolute Gasteiger partial charge is 0.489 e. The monoisotopic (exact) mass is 294 g/mol. The smallest absolute Gasteiger partial charge is 0.272 e. The number of non-ortho nitro benzene ring substituents is 1. The van der Waals surface area contributed by atoms with Crippen LogP contribution in [-0.4, -0.2) is 4.92 Å². The molecular weight excluding hydrogens is 282 g/mol. The fraction of sp³-hybridized carbons (Fsp3) is 0.143. The molecule has 0 heterocycles. The van der Waals surface area contributed by atoms with Crippen molar-refractivity contribution >= 4 is 5.69 Å². The van der Waals surface area contributed by atoms with Crippen LogP contribution in [0.2, 0.25) is 0 Å². The zero-order valence-electron chi connectivity index (χ0n) is 10.9. The van der Waals surface area contributed by atoms with Crippen LogP contribution in [0.5, 0.6) is 5.75 Å². The quantitative estimate of drug-likeness (QED) is 0.679. The average molecular weight is 294 g/mol. The molecule has 0 spiro atoms. The zero-order valence-corrected chi connectivity index (χ0v) is 10.9. The summed E-state index contributed by atoms with van der Waals surface area (Å²) in [5.74, 6) is -1.01. The number of nitro benzene ring substituents is 1. The van der Waals surface area contributed by atoms with Gasteiger partial charge in [-0.15, -0.1) is 0 Å². The molecule has 7 heteroatoms. The highest BCUT2D eigenvalue weighted by atomic mass is 19.1. The Morgan fingerprint density at radius 1 is 1.05 bits per heavy atom. The van der Waals surface area contributed by atoms with E-state index in [9.17, 15) is 18.9 Å². The van der Waals surface area contributed by atoms with Crippen molar-refractivity contribution in [1.82, 2.24) is 0 Å². The number of nitrogens with zero attached hydrogens (tertiary/aromatic N) is 1. The molecule has 0 atom stereocenters. The fourth-order valence-corrected chi connectivity index (χ4v) is 1.81. The lowest BCUT2D eigenvalue weighted by Crippen LogP contribution is -2.01. The minimum atomic E-state index is -0.732.